The molecule has 1 nitrogen and oxygen atoms in total. The molecule has 0 N–H and O–H groups in total. The smallest absolute Gasteiger partial charge is 0.0725 e. The van der Waals surface area contributed by atoms with E-state index < -0.39 is 0 Å². The fraction of sp³-hybridized carbons (Fsp3) is 0.0333. The fourth-order valence-corrected chi connectivity index (χ4v) is 5.88. The van der Waals surface area contributed by atoms with Gasteiger partial charge in [0.25, 0.3) is 0 Å². The molecule has 31 heavy (non-hydrogen) atoms. The van der Waals surface area contributed by atoms with E-state index in [1.165, 1.54) is 50.1 Å². The molecule has 0 bridgehead atoms. The van der Waals surface area contributed by atoms with Crippen molar-refractivity contribution in [3.05, 3.63) is 138 Å². The van der Waals surface area contributed by atoms with E-state index >= 15 is 0 Å². The molecule has 4 aromatic carbocycles. The number of hydrogen-bond acceptors (Lipinski definition) is 1. The predicted octanol–water partition coefficient (Wildman–Crippen LogP) is 7.09. The molecule has 0 radical (unpaired) electrons. The van der Waals surface area contributed by atoms with Gasteiger partial charge >= 0.3 is 0 Å². The number of rotatable bonds is 1. The normalized spacial score (nSPS) is 14.1. The van der Waals surface area contributed by atoms with Crippen LogP contribution >= 0.6 is 0 Å². The van der Waals surface area contributed by atoms with Crippen LogP contribution in [0.15, 0.2) is 115 Å². The first kappa shape index (κ1) is 16.8. The largest absolute Gasteiger partial charge is 0.256 e. The number of hydrogen-bond donors (Lipinski definition) is 0. The lowest BCUT2D eigenvalue weighted by Gasteiger charge is -2.30. The SMILES string of the molecule is c1ccc(-c2cccc3c2-c2ccccc2C32c3ccccc3-c3ccccc32)nc1. The van der Waals surface area contributed by atoms with Crippen LogP contribution in [0.4, 0.5) is 0 Å². The van der Waals surface area contributed by atoms with Gasteiger partial charge in [0, 0.05) is 11.8 Å². The number of nitrogens with zero attached hydrogens (tertiary/aromatic N) is 1. The summed E-state index contributed by atoms with van der Waals surface area (Å²) in [5.41, 5.74) is 12.7. The lowest BCUT2D eigenvalue weighted by molar-refractivity contribution is 0.794. The molecule has 1 heterocycles. The maximum atomic E-state index is 4.70. The summed E-state index contributed by atoms with van der Waals surface area (Å²) in [6.07, 6.45) is 1.88. The molecule has 0 saturated carbocycles. The van der Waals surface area contributed by atoms with E-state index in [2.05, 4.69) is 103 Å². The first-order valence-corrected chi connectivity index (χ1v) is 10.7. The van der Waals surface area contributed by atoms with Gasteiger partial charge in [-0.25, -0.2) is 0 Å². The highest BCUT2D eigenvalue weighted by Crippen LogP contribution is 2.63. The minimum Gasteiger partial charge on any atom is -0.256 e. The maximum Gasteiger partial charge on any atom is 0.0725 e. The third kappa shape index (κ3) is 1.98. The van der Waals surface area contributed by atoms with E-state index in [4.69, 9.17) is 4.98 Å². The van der Waals surface area contributed by atoms with Gasteiger partial charge in [-0.1, -0.05) is 97.1 Å². The van der Waals surface area contributed by atoms with Gasteiger partial charge in [-0.3, -0.25) is 4.98 Å². The molecule has 1 spiro atoms. The van der Waals surface area contributed by atoms with Crippen molar-refractivity contribution in [3.8, 4) is 33.5 Å². The Balaban J connectivity index is 1.69. The molecule has 0 aliphatic heterocycles. The maximum absolute atomic E-state index is 4.70. The second-order valence-corrected chi connectivity index (χ2v) is 8.33. The van der Waals surface area contributed by atoms with Crippen molar-refractivity contribution in [3.63, 3.8) is 0 Å². The second kappa shape index (κ2) is 6.02. The molecular weight excluding hydrogens is 374 g/mol. The summed E-state index contributed by atoms with van der Waals surface area (Å²) in [6, 6.07) is 39.6. The van der Waals surface area contributed by atoms with Crippen molar-refractivity contribution in [2.75, 3.05) is 0 Å². The Hall–Kier alpha value is -3.97. The van der Waals surface area contributed by atoms with Crippen molar-refractivity contribution in [1.29, 1.82) is 0 Å². The van der Waals surface area contributed by atoms with Gasteiger partial charge in [-0.2, -0.15) is 0 Å². The van der Waals surface area contributed by atoms with Crippen LogP contribution in [0.1, 0.15) is 22.3 Å². The molecule has 0 atom stereocenters. The van der Waals surface area contributed by atoms with E-state index in [0.717, 1.165) is 5.69 Å². The standard InChI is InChI=1S/C30H19N/c1-4-14-24-20(10-1)21-11-2-5-15-25(21)30(24)26-16-6-3-12-22(26)29-23(13-9-17-27(29)30)28-18-7-8-19-31-28/h1-19H. The van der Waals surface area contributed by atoms with Gasteiger partial charge < -0.3 is 0 Å². The first-order chi connectivity index (χ1) is 15.4. The summed E-state index contributed by atoms with van der Waals surface area (Å²) in [5, 5.41) is 0. The van der Waals surface area contributed by atoms with E-state index in [0.29, 0.717) is 0 Å². The third-order valence-electron chi connectivity index (χ3n) is 6.96. The van der Waals surface area contributed by atoms with Crippen LogP contribution in [-0.2, 0) is 5.41 Å². The summed E-state index contributed by atoms with van der Waals surface area (Å²) in [6.45, 7) is 0. The van der Waals surface area contributed by atoms with Gasteiger partial charge in [0.2, 0.25) is 0 Å². The Bertz CT molecular complexity index is 1430. The summed E-state index contributed by atoms with van der Waals surface area (Å²) in [4.78, 5) is 4.70. The third-order valence-corrected chi connectivity index (χ3v) is 6.96. The molecule has 144 valence electrons. The van der Waals surface area contributed by atoms with E-state index in [1.807, 2.05) is 12.3 Å². The highest BCUT2D eigenvalue weighted by atomic mass is 14.7. The van der Waals surface area contributed by atoms with Gasteiger partial charge in [-0.05, 0) is 56.6 Å². The lowest BCUT2D eigenvalue weighted by Crippen LogP contribution is -2.25. The van der Waals surface area contributed by atoms with Gasteiger partial charge in [0.05, 0.1) is 11.1 Å². The van der Waals surface area contributed by atoms with Crippen LogP contribution in [0.5, 0.6) is 0 Å². The van der Waals surface area contributed by atoms with Gasteiger partial charge in [-0.15, -0.1) is 0 Å². The minimum atomic E-state index is -0.288. The zero-order valence-corrected chi connectivity index (χ0v) is 16.9. The Labute approximate surface area is 181 Å². The van der Waals surface area contributed by atoms with Crippen LogP contribution in [0.3, 0.4) is 0 Å². The summed E-state index contributed by atoms with van der Waals surface area (Å²) >= 11 is 0. The molecule has 2 aliphatic carbocycles. The van der Waals surface area contributed by atoms with Crippen LogP contribution in [0, 0.1) is 0 Å². The molecule has 5 aromatic rings. The van der Waals surface area contributed by atoms with Crippen molar-refractivity contribution < 1.29 is 0 Å². The predicted molar refractivity (Wildman–Crippen MR) is 126 cm³/mol. The molecule has 1 heteroatoms. The number of pyridine rings is 1. The summed E-state index contributed by atoms with van der Waals surface area (Å²) < 4.78 is 0. The molecule has 0 fully saturated rings. The minimum absolute atomic E-state index is 0.288. The van der Waals surface area contributed by atoms with E-state index in [9.17, 15) is 0 Å². The summed E-state index contributed by atoms with van der Waals surface area (Å²) in [5.74, 6) is 0. The number of aromatic nitrogens is 1. The quantitative estimate of drug-likeness (QED) is 0.290. The molecule has 0 saturated heterocycles. The Morgan fingerprint density at radius 3 is 1.58 bits per heavy atom. The monoisotopic (exact) mass is 393 g/mol. The molecule has 2 aliphatic rings. The van der Waals surface area contributed by atoms with E-state index in [-0.39, 0.29) is 5.41 Å². The average molecular weight is 393 g/mol. The number of fused-ring (bicyclic) bond motifs is 10. The highest BCUT2D eigenvalue weighted by Gasteiger charge is 2.51. The molecule has 0 amide bonds. The van der Waals surface area contributed by atoms with Gasteiger partial charge in [0.1, 0.15) is 0 Å². The second-order valence-electron chi connectivity index (χ2n) is 8.33. The highest BCUT2D eigenvalue weighted by molar-refractivity contribution is 5.99. The molecule has 7 rings (SSSR count). The van der Waals surface area contributed by atoms with Crippen LogP contribution in [-0.4, -0.2) is 4.98 Å². The zero-order chi connectivity index (χ0) is 20.4. The van der Waals surface area contributed by atoms with Crippen LogP contribution in [0.25, 0.3) is 33.5 Å². The van der Waals surface area contributed by atoms with Crippen molar-refractivity contribution in [2.45, 2.75) is 5.41 Å². The topological polar surface area (TPSA) is 12.9 Å². The Kier molecular flexibility index (Phi) is 3.26. The Morgan fingerprint density at radius 1 is 0.419 bits per heavy atom. The number of benzene rings is 4. The van der Waals surface area contributed by atoms with Crippen molar-refractivity contribution in [2.24, 2.45) is 0 Å². The molecule has 1 aromatic heterocycles. The van der Waals surface area contributed by atoms with Crippen LogP contribution in [0.2, 0.25) is 0 Å². The lowest BCUT2D eigenvalue weighted by atomic mass is 9.70. The fourth-order valence-electron chi connectivity index (χ4n) is 5.88. The molecule has 0 unspecified atom stereocenters. The summed E-state index contributed by atoms with van der Waals surface area (Å²) in [7, 11) is 0. The average Bonchev–Trinajstić information content (AvgIpc) is 3.32. The van der Waals surface area contributed by atoms with Gasteiger partial charge in [0.15, 0.2) is 0 Å². The zero-order valence-electron chi connectivity index (χ0n) is 16.9. The van der Waals surface area contributed by atoms with E-state index in [1.54, 1.807) is 0 Å². The van der Waals surface area contributed by atoms with Crippen molar-refractivity contribution in [1.82, 2.24) is 4.98 Å². The Morgan fingerprint density at radius 2 is 0.935 bits per heavy atom. The van der Waals surface area contributed by atoms with Crippen LogP contribution < -0.4 is 0 Å². The molecular formula is C30H19N. The van der Waals surface area contributed by atoms with Crippen molar-refractivity contribution >= 4 is 0 Å². The first-order valence-electron chi connectivity index (χ1n) is 10.7.